The predicted octanol–water partition coefficient (Wildman–Crippen LogP) is 2.08. The first-order valence-corrected chi connectivity index (χ1v) is 11.6. The highest BCUT2D eigenvalue weighted by Gasteiger charge is 2.56. The largest absolute Gasteiger partial charge is 0.484 e. The average Bonchev–Trinajstić information content (AvgIpc) is 2.81. The maximum Gasteiger partial charge on any atom is 0.258 e. The third-order valence-electron chi connectivity index (χ3n) is 7.10. The van der Waals surface area contributed by atoms with Gasteiger partial charge in [-0.2, -0.15) is 0 Å². The summed E-state index contributed by atoms with van der Waals surface area (Å²) in [5, 5.41) is 11.1. The van der Waals surface area contributed by atoms with Gasteiger partial charge in [0.1, 0.15) is 17.7 Å². The third kappa shape index (κ3) is 5.26. The molecule has 4 N–H and O–H groups in total. The van der Waals surface area contributed by atoms with E-state index in [-0.39, 0.29) is 36.9 Å². The van der Waals surface area contributed by atoms with E-state index in [1.807, 2.05) is 0 Å². The van der Waals surface area contributed by atoms with Crippen LogP contribution < -0.4 is 26.0 Å². The number of hydrogen-bond acceptors (Lipinski definition) is 5. The van der Waals surface area contributed by atoms with Crippen molar-refractivity contribution in [1.29, 1.82) is 0 Å². The van der Waals surface area contributed by atoms with Gasteiger partial charge in [0, 0.05) is 31.1 Å². The number of amides is 2. The summed E-state index contributed by atoms with van der Waals surface area (Å²) in [5.74, 6) is -1.39. The van der Waals surface area contributed by atoms with Gasteiger partial charge < -0.3 is 26.0 Å². The zero-order valence-corrected chi connectivity index (χ0v) is 19.1. The lowest BCUT2D eigenvalue weighted by Crippen LogP contribution is -2.71. The van der Waals surface area contributed by atoms with E-state index in [9.17, 15) is 22.8 Å². The molecule has 3 aliphatic carbocycles. The molecule has 1 aromatic carbocycles. The molecule has 7 nitrogen and oxygen atoms in total. The Morgan fingerprint density at radius 1 is 1.15 bits per heavy atom. The van der Waals surface area contributed by atoms with Gasteiger partial charge in [0.2, 0.25) is 5.91 Å². The van der Waals surface area contributed by atoms with Crippen molar-refractivity contribution in [1.82, 2.24) is 21.3 Å². The highest BCUT2D eigenvalue weighted by molar-refractivity contribution is 6.30. The molecule has 2 bridgehead atoms. The standard InChI is InChI=1S/C22H27ClF4N4O3/c23-13-2-1-12(7-14(13)24)34-11-18(32)30-21-3-5-22(6-4-21,17(25)8-21)31-20(33)16-10-28-15(9-29-16)19(26)27/h1-2,7,15-17,19,28-29H,3-6,8-11H2,(H,30,32)(H,31,33). The molecule has 4 aliphatic rings. The molecule has 34 heavy (non-hydrogen) atoms. The second-order valence-corrected chi connectivity index (χ2v) is 9.73. The minimum Gasteiger partial charge on any atom is -0.484 e. The highest BCUT2D eigenvalue weighted by Crippen LogP contribution is 2.48. The van der Waals surface area contributed by atoms with Crippen molar-refractivity contribution in [2.75, 3.05) is 19.7 Å². The van der Waals surface area contributed by atoms with Crippen molar-refractivity contribution >= 4 is 23.4 Å². The molecule has 1 aromatic rings. The Hall–Kier alpha value is -2.11. The first-order valence-electron chi connectivity index (χ1n) is 11.2. The Morgan fingerprint density at radius 3 is 2.47 bits per heavy atom. The number of benzene rings is 1. The zero-order chi connectivity index (χ0) is 24.5. The summed E-state index contributed by atoms with van der Waals surface area (Å²) in [4.78, 5) is 25.1. The third-order valence-corrected chi connectivity index (χ3v) is 7.40. The summed E-state index contributed by atoms with van der Waals surface area (Å²) >= 11 is 5.63. The molecule has 0 aromatic heterocycles. The number of fused-ring (bicyclic) bond motifs is 3. The lowest BCUT2D eigenvalue weighted by Gasteiger charge is -2.55. The first-order chi connectivity index (χ1) is 16.1. The lowest BCUT2D eigenvalue weighted by atomic mass is 9.60. The van der Waals surface area contributed by atoms with Gasteiger partial charge in [0.05, 0.1) is 22.6 Å². The van der Waals surface area contributed by atoms with E-state index >= 15 is 4.39 Å². The Bertz CT molecular complexity index is 921. The number of ether oxygens (including phenoxy) is 1. The number of carbonyl (C=O) groups excluding carboxylic acids is 2. The number of alkyl halides is 3. The minimum absolute atomic E-state index is 0.0331. The van der Waals surface area contributed by atoms with Gasteiger partial charge in [-0.15, -0.1) is 0 Å². The Kier molecular flexibility index (Phi) is 7.25. The van der Waals surface area contributed by atoms with Crippen molar-refractivity contribution in [2.45, 2.75) is 67.9 Å². The fourth-order valence-corrected chi connectivity index (χ4v) is 5.15. The van der Waals surface area contributed by atoms with E-state index < -0.39 is 53.4 Å². The minimum atomic E-state index is -2.54. The summed E-state index contributed by atoms with van der Waals surface area (Å²) < 4.78 is 59.6. The Morgan fingerprint density at radius 2 is 1.88 bits per heavy atom. The van der Waals surface area contributed by atoms with Crippen LogP contribution in [0.1, 0.15) is 32.1 Å². The number of rotatable bonds is 7. The maximum atomic E-state index is 15.3. The van der Waals surface area contributed by atoms with Gasteiger partial charge in [0.15, 0.2) is 6.61 Å². The van der Waals surface area contributed by atoms with Crippen LogP contribution in [-0.2, 0) is 9.59 Å². The summed E-state index contributed by atoms with van der Waals surface area (Å²) in [6, 6.07) is 2.10. The number of carbonyl (C=O) groups is 2. The maximum absolute atomic E-state index is 15.3. The summed E-state index contributed by atoms with van der Waals surface area (Å²) in [6.45, 7) is -0.380. The second-order valence-electron chi connectivity index (χ2n) is 9.32. The fourth-order valence-electron chi connectivity index (χ4n) is 5.04. The van der Waals surface area contributed by atoms with E-state index in [4.69, 9.17) is 16.3 Å². The molecule has 5 rings (SSSR count). The molecule has 1 heterocycles. The van der Waals surface area contributed by atoms with Crippen LogP contribution in [0.15, 0.2) is 18.2 Å². The molecule has 1 saturated heterocycles. The molecule has 1 aliphatic heterocycles. The van der Waals surface area contributed by atoms with Crippen LogP contribution in [0.2, 0.25) is 5.02 Å². The van der Waals surface area contributed by atoms with Gasteiger partial charge in [-0.1, -0.05) is 11.6 Å². The van der Waals surface area contributed by atoms with Crippen LogP contribution in [0.25, 0.3) is 0 Å². The van der Waals surface area contributed by atoms with Crippen LogP contribution >= 0.6 is 11.6 Å². The summed E-state index contributed by atoms with van der Waals surface area (Å²) in [6.07, 6.45) is -2.26. The van der Waals surface area contributed by atoms with Crippen LogP contribution in [0.4, 0.5) is 17.6 Å². The van der Waals surface area contributed by atoms with Gasteiger partial charge >= 0.3 is 0 Å². The molecule has 188 valence electrons. The molecule has 3 saturated carbocycles. The molecule has 0 radical (unpaired) electrons. The van der Waals surface area contributed by atoms with Crippen molar-refractivity contribution < 1.29 is 31.9 Å². The van der Waals surface area contributed by atoms with E-state index in [1.165, 1.54) is 12.1 Å². The average molecular weight is 507 g/mol. The van der Waals surface area contributed by atoms with Crippen LogP contribution in [0.5, 0.6) is 5.75 Å². The quantitative estimate of drug-likeness (QED) is 0.425. The smallest absolute Gasteiger partial charge is 0.258 e. The van der Waals surface area contributed by atoms with Gasteiger partial charge in [-0.05, 0) is 37.8 Å². The highest BCUT2D eigenvalue weighted by atomic mass is 35.5. The number of piperazine rings is 1. The van der Waals surface area contributed by atoms with E-state index in [1.54, 1.807) is 0 Å². The first kappa shape index (κ1) is 25.0. The summed E-state index contributed by atoms with van der Waals surface area (Å²) in [5.41, 5.74) is -1.78. The van der Waals surface area contributed by atoms with Gasteiger partial charge in [0.25, 0.3) is 12.3 Å². The monoisotopic (exact) mass is 506 g/mol. The molecule has 3 atom stereocenters. The van der Waals surface area contributed by atoms with Crippen molar-refractivity contribution in [2.24, 2.45) is 0 Å². The molecule has 4 fully saturated rings. The van der Waals surface area contributed by atoms with Crippen molar-refractivity contribution in [3.63, 3.8) is 0 Å². The Labute approximate surface area is 199 Å². The van der Waals surface area contributed by atoms with Gasteiger partial charge in [-0.25, -0.2) is 17.6 Å². The predicted molar refractivity (Wildman–Crippen MR) is 116 cm³/mol. The van der Waals surface area contributed by atoms with E-state index in [2.05, 4.69) is 21.3 Å². The number of hydrogen-bond donors (Lipinski definition) is 4. The zero-order valence-electron chi connectivity index (χ0n) is 18.3. The lowest BCUT2D eigenvalue weighted by molar-refractivity contribution is -0.134. The van der Waals surface area contributed by atoms with Crippen LogP contribution in [0, 0.1) is 5.82 Å². The van der Waals surface area contributed by atoms with Crippen molar-refractivity contribution in [3.05, 3.63) is 29.0 Å². The van der Waals surface area contributed by atoms with E-state index in [0.29, 0.717) is 25.7 Å². The number of nitrogens with one attached hydrogen (secondary N) is 4. The molecule has 0 spiro atoms. The van der Waals surface area contributed by atoms with Crippen molar-refractivity contribution in [3.8, 4) is 5.75 Å². The Balaban J connectivity index is 1.28. The second kappa shape index (κ2) is 9.87. The molecular formula is C22H27ClF4N4O3. The van der Waals surface area contributed by atoms with Gasteiger partial charge in [-0.3, -0.25) is 9.59 Å². The van der Waals surface area contributed by atoms with Crippen LogP contribution in [-0.4, -0.2) is 67.3 Å². The number of halogens is 5. The molecular weight excluding hydrogens is 480 g/mol. The molecule has 12 heteroatoms. The molecule has 2 amide bonds. The summed E-state index contributed by atoms with van der Waals surface area (Å²) in [7, 11) is 0. The topological polar surface area (TPSA) is 91.5 Å². The van der Waals surface area contributed by atoms with E-state index in [0.717, 1.165) is 6.07 Å². The SMILES string of the molecule is O=C(COc1ccc(Cl)c(F)c1)NC12CCC(NC(=O)C3CNC(C(F)F)CN3)(CC1)C(F)C2. The van der Waals surface area contributed by atoms with Crippen LogP contribution in [0.3, 0.4) is 0 Å². The fraction of sp³-hybridized carbons (Fsp3) is 0.636. The normalized spacial score (nSPS) is 32.9. The molecule has 3 unspecified atom stereocenters.